The Morgan fingerprint density at radius 3 is 2.34 bits per heavy atom. The van der Waals surface area contributed by atoms with Crippen LogP contribution in [0.15, 0.2) is 66.7 Å². The molecule has 4 nitrogen and oxygen atoms in total. The monoisotopic (exact) mass is 511 g/mol. The summed E-state index contributed by atoms with van der Waals surface area (Å²) >= 11 is -0.316. The van der Waals surface area contributed by atoms with Crippen LogP contribution in [0.2, 0.25) is 0 Å². The number of rotatable bonds is 8. The molecule has 0 aliphatic carbocycles. The van der Waals surface area contributed by atoms with Crippen LogP contribution in [0.3, 0.4) is 0 Å². The van der Waals surface area contributed by atoms with Crippen molar-refractivity contribution < 1.29 is 31.1 Å². The molecule has 0 fully saturated rings. The predicted molar refractivity (Wildman–Crippen MR) is 124 cm³/mol. The lowest BCUT2D eigenvalue weighted by Gasteiger charge is -2.12. The van der Waals surface area contributed by atoms with Crippen molar-refractivity contribution in [2.45, 2.75) is 24.5 Å². The fourth-order valence-corrected chi connectivity index (χ4v) is 3.87. The minimum Gasteiger partial charge on any atom is -0.484 e. The van der Waals surface area contributed by atoms with E-state index in [2.05, 4.69) is 14.7 Å². The number of para-hydroxylation sites is 1. The van der Waals surface area contributed by atoms with Crippen LogP contribution < -0.4 is 9.46 Å². The Labute approximate surface area is 200 Å². The quantitative estimate of drug-likeness (QED) is 0.190. The highest BCUT2D eigenvalue weighted by Gasteiger charge is 2.29. The lowest BCUT2D eigenvalue weighted by molar-refractivity contribution is -0.153. The summed E-state index contributed by atoms with van der Waals surface area (Å²) in [6, 6.07) is 18.5. The van der Waals surface area contributed by atoms with E-state index < -0.39 is 18.3 Å². The number of ether oxygens (including phenoxy) is 1. The zero-order valence-corrected chi connectivity index (χ0v) is 18.8. The Bertz CT molecular complexity index is 1290. The van der Waals surface area contributed by atoms with Crippen LogP contribution >= 0.6 is 11.9 Å². The molecule has 0 aliphatic heterocycles. The molecule has 0 radical (unpaired) electrons. The summed E-state index contributed by atoms with van der Waals surface area (Å²) in [5.41, 5.74) is -0.347. The molecule has 3 aromatic carbocycles. The standard InChI is InChI=1S/C24H19F6N3OS/c25-23(26,27)14-34-17-9-5-15(6-10-17)7-12-22-31-20-11-8-16(13-21(20)32-22)18-3-1-2-4-19(18)33-35-24(28,29)30/h1-6,8-11,13,33H,7,12,14H2,(H,31,32). The van der Waals surface area contributed by atoms with Gasteiger partial charge in [-0.25, -0.2) is 4.98 Å². The summed E-state index contributed by atoms with van der Waals surface area (Å²) in [5, 5.41) is 0. The molecule has 0 aliphatic rings. The highest BCUT2D eigenvalue weighted by atomic mass is 32.2. The number of imidazole rings is 1. The summed E-state index contributed by atoms with van der Waals surface area (Å²) in [5.74, 6) is 0.860. The minimum atomic E-state index is -4.41. The van der Waals surface area contributed by atoms with Gasteiger partial charge in [0.15, 0.2) is 6.61 Å². The number of halogens is 6. The highest BCUT2D eigenvalue weighted by Crippen LogP contribution is 2.36. The van der Waals surface area contributed by atoms with E-state index in [1.165, 1.54) is 12.1 Å². The number of alkyl halides is 6. The SMILES string of the molecule is FC(F)(F)COc1ccc(CCc2nc3ccc(-c4ccccc4NSC(F)(F)F)cc3[nH]2)cc1. The Kier molecular flexibility index (Phi) is 7.15. The van der Waals surface area contributed by atoms with Gasteiger partial charge in [-0.05, 0) is 47.9 Å². The molecule has 0 amide bonds. The molecule has 0 saturated carbocycles. The molecule has 35 heavy (non-hydrogen) atoms. The number of aryl methyl sites for hydroxylation is 2. The summed E-state index contributed by atoms with van der Waals surface area (Å²) in [4.78, 5) is 7.79. The van der Waals surface area contributed by atoms with Crippen LogP contribution in [0.25, 0.3) is 22.2 Å². The number of anilines is 1. The van der Waals surface area contributed by atoms with Crippen molar-refractivity contribution in [2.24, 2.45) is 0 Å². The van der Waals surface area contributed by atoms with Crippen molar-refractivity contribution in [3.8, 4) is 16.9 Å². The molecule has 0 unspecified atom stereocenters. The Morgan fingerprint density at radius 2 is 1.63 bits per heavy atom. The predicted octanol–water partition coefficient (Wildman–Crippen LogP) is 7.54. The molecule has 1 aromatic heterocycles. The van der Waals surface area contributed by atoms with Crippen LogP contribution in [0.1, 0.15) is 11.4 Å². The first-order valence-corrected chi connectivity index (χ1v) is 11.2. The Balaban J connectivity index is 1.44. The van der Waals surface area contributed by atoms with E-state index >= 15 is 0 Å². The second-order valence-corrected chi connectivity index (χ2v) is 8.53. The average molecular weight is 511 g/mol. The van der Waals surface area contributed by atoms with Gasteiger partial charge >= 0.3 is 11.7 Å². The van der Waals surface area contributed by atoms with Crippen LogP contribution in [0.4, 0.5) is 32.0 Å². The van der Waals surface area contributed by atoms with Gasteiger partial charge in [0.2, 0.25) is 0 Å². The molecule has 4 rings (SSSR count). The van der Waals surface area contributed by atoms with Crippen LogP contribution in [-0.2, 0) is 12.8 Å². The van der Waals surface area contributed by atoms with Gasteiger partial charge in [0.25, 0.3) is 0 Å². The molecule has 2 N–H and O–H groups in total. The molecular formula is C24H19F6N3OS. The maximum absolute atomic E-state index is 12.6. The zero-order valence-electron chi connectivity index (χ0n) is 18.0. The van der Waals surface area contributed by atoms with Crippen LogP contribution in [-0.4, -0.2) is 28.3 Å². The van der Waals surface area contributed by atoms with Gasteiger partial charge in [-0.1, -0.05) is 36.4 Å². The Morgan fingerprint density at radius 1 is 0.886 bits per heavy atom. The van der Waals surface area contributed by atoms with E-state index in [9.17, 15) is 26.3 Å². The van der Waals surface area contributed by atoms with Gasteiger partial charge in [0, 0.05) is 12.0 Å². The molecular weight excluding hydrogens is 492 g/mol. The van der Waals surface area contributed by atoms with E-state index in [0.29, 0.717) is 29.9 Å². The number of nitrogens with one attached hydrogen (secondary N) is 2. The maximum atomic E-state index is 12.6. The van der Waals surface area contributed by atoms with Crippen LogP contribution in [0, 0.1) is 0 Å². The summed E-state index contributed by atoms with van der Waals surface area (Å²) in [7, 11) is 0. The fourth-order valence-electron chi connectivity index (χ4n) is 3.47. The normalized spacial score (nSPS) is 12.2. The minimum absolute atomic E-state index is 0.144. The number of fused-ring (bicyclic) bond motifs is 1. The second kappa shape index (κ2) is 10.1. The molecule has 11 heteroatoms. The molecule has 0 saturated heterocycles. The van der Waals surface area contributed by atoms with Crippen molar-refractivity contribution >= 4 is 28.7 Å². The van der Waals surface area contributed by atoms with Gasteiger partial charge in [-0.2, -0.15) is 26.3 Å². The first-order chi connectivity index (χ1) is 16.6. The molecule has 0 atom stereocenters. The molecule has 0 bridgehead atoms. The number of aromatic amines is 1. The number of benzene rings is 3. The smallest absolute Gasteiger partial charge is 0.461 e. The third kappa shape index (κ3) is 7.08. The van der Waals surface area contributed by atoms with Gasteiger partial charge in [0.1, 0.15) is 11.6 Å². The van der Waals surface area contributed by atoms with E-state index in [1.807, 2.05) is 6.07 Å². The molecule has 184 valence electrons. The number of aromatic nitrogens is 2. The lowest BCUT2D eigenvalue weighted by atomic mass is 10.0. The van der Waals surface area contributed by atoms with Gasteiger partial charge < -0.3 is 14.4 Å². The first-order valence-electron chi connectivity index (χ1n) is 10.4. The van der Waals surface area contributed by atoms with E-state index in [1.54, 1.807) is 48.5 Å². The van der Waals surface area contributed by atoms with Gasteiger partial charge in [-0.15, -0.1) is 0 Å². The summed E-state index contributed by atoms with van der Waals surface area (Å²) < 4.78 is 81.7. The first kappa shape index (κ1) is 24.8. The lowest BCUT2D eigenvalue weighted by Crippen LogP contribution is -2.19. The van der Waals surface area contributed by atoms with Crippen LogP contribution in [0.5, 0.6) is 5.75 Å². The van der Waals surface area contributed by atoms with Crippen molar-refractivity contribution in [1.82, 2.24) is 9.97 Å². The van der Waals surface area contributed by atoms with Crippen molar-refractivity contribution in [3.63, 3.8) is 0 Å². The average Bonchev–Trinajstić information content (AvgIpc) is 3.22. The summed E-state index contributed by atoms with van der Waals surface area (Å²) in [6.45, 7) is -1.34. The topological polar surface area (TPSA) is 49.9 Å². The highest BCUT2D eigenvalue weighted by molar-refractivity contribution is 8.01. The zero-order chi connectivity index (χ0) is 25.1. The van der Waals surface area contributed by atoms with Gasteiger partial charge in [-0.3, -0.25) is 0 Å². The van der Waals surface area contributed by atoms with Gasteiger partial charge in [0.05, 0.1) is 28.7 Å². The Hall–Kier alpha value is -3.34. The largest absolute Gasteiger partial charge is 0.484 e. The number of nitrogens with zero attached hydrogens (tertiary/aromatic N) is 1. The maximum Gasteiger partial charge on any atom is 0.461 e. The molecule has 1 heterocycles. The third-order valence-corrected chi connectivity index (χ3v) is 5.58. The van der Waals surface area contributed by atoms with E-state index in [0.717, 1.165) is 22.2 Å². The second-order valence-electron chi connectivity index (χ2n) is 7.66. The van der Waals surface area contributed by atoms with E-state index in [4.69, 9.17) is 4.74 Å². The fraction of sp³-hybridized carbons (Fsp3) is 0.208. The number of hydrogen-bond donors (Lipinski definition) is 2. The molecule has 0 spiro atoms. The van der Waals surface area contributed by atoms with E-state index in [-0.39, 0.29) is 17.7 Å². The van der Waals surface area contributed by atoms with Crippen molar-refractivity contribution in [2.75, 3.05) is 11.3 Å². The molecule has 4 aromatic rings. The summed E-state index contributed by atoms with van der Waals surface area (Å²) in [6.07, 6.45) is -3.22. The number of hydrogen-bond acceptors (Lipinski definition) is 4. The number of H-pyrrole nitrogens is 1. The van der Waals surface area contributed by atoms with Crippen molar-refractivity contribution in [3.05, 3.63) is 78.1 Å². The third-order valence-electron chi connectivity index (χ3n) is 5.02. The van der Waals surface area contributed by atoms with Crippen molar-refractivity contribution in [1.29, 1.82) is 0 Å².